The molecule has 1 N–H and O–H groups in total. The maximum absolute atomic E-state index is 10.4. The molecule has 5 heteroatoms. The van der Waals surface area contributed by atoms with Gasteiger partial charge in [-0.05, 0) is 41.4 Å². The van der Waals surface area contributed by atoms with Crippen molar-refractivity contribution in [3.63, 3.8) is 0 Å². The first-order chi connectivity index (χ1) is 8.59. The molecule has 1 unspecified atom stereocenters. The number of hydrogen-bond acceptors (Lipinski definition) is 3. The van der Waals surface area contributed by atoms with E-state index in [0.29, 0.717) is 6.42 Å². The van der Waals surface area contributed by atoms with Gasteiger partial charge in [0.2, 0.25) is 0 Å². The van der Waals surface area contributed by atoms with Crippen LogP contribution in [0, 0.1) is 0 Å². The van der Waals surface area contributed by atoms with Crippen LogP contribution in [0.2, 0.25) is 0 Å². The van der Waals surface area contributed by atoms with Crippen LogP contribution in [0.5, 0.6) is 0 Å². The summed E-state index contributed by atoms with van der Waals surface area (Å²) >= 11 is 3.44. The van der Waals surface area contributed by atoms with Crippen LogP contribution in [-0.4, -0.2) is 19.9 Å². The van der Waals surface area contributed by atoms with Gasteiger partial charge in [0.05, 0.1) is 16.4 Å². The molecule has 96 valence electrons. The van der Waals surface area contributed by atoms with Gasteiger partial charge in [0, 0.05) is 24.9 Å². The van der Waals surface area contributed by atoms with E-state index in [-0.39, 0.29) is 6.04 Å². The molecule has 0 bridgehead atoms. The highest BCUT2D eigenvalue weighted by molar-refractivity contribution is 9.10. The Hall–Kier alpha value is -1.20. The maximum Gasteiger partial charge on any atom is 0.101 e. The molecule has 0 saturated carbocycles. The van der Waals surface area contributed by atoms with Crippen molar-refractivity contribution in [2.24, 2.45) is 0 Å². The zero-order chi connectivity index (χ0) is 13.1. The number of aliphatic hydroxyl groups is 1. The molecule has 0 aliphatic heterocycles. The summed E-state index contributed by atoms with van der Waals surface area (Å²) in [5, 5.41) is 14.6. The number of aliphatic hydroxyl groups excluding tert-OH is 1. The summed E-state index contributed by atoms with van der Waals surface area (Å²) in [5.74, 6) is 0. The van der Waals surface area contributed by atoms with E-state index in [2.05, 4.69) is 26.0 Å². The number of rotatable bonds is 4. The van der Waals surface area contributed by atoms with Crippen molar-refractivity contribution >= 4 is 15.9 Å². The Balaban J connectivity index is 2.23. The van der Waals surface area contributed by atoms with Crippen LogP contribution in [-0.2, 0) is 6.42 Å². The summed E-state index contributed by atoms with van der Waals surface area (Å²) in [7, 11) is 0. The molecule has 2 heterocycles. The second-order valence-corrected chi connectivity index (χ2v) is 5.35. The van der Waals surface area contributed by atoms with Crippen LogP contribution >= 0.6 is 15.9 Å². The van der Waals surface area contributed by atoms with E-state index in [9.17, 15) is 5.11 Å². The van der Waals surface area contributed by atoms with E-state index < -0.39 is 6.10 Å². The molecule has 18 heavy (non-hydrogen) atoms. The van der Waals surface area contributed by atoms with Gasteiger partial charge in [-0.3, -0.25) is 9.67 Å². The fourth-order valence-corrected chi connectivity index (χ4v) is 2.45. The molecular weight excluding hydrogens is 294 g/mol. The summed E-state index contributed by atoms with van der Waals surface area (Å²) in [6.07, 6.45) is 5.16. The van der Waals surface area contributed by atoms with E-state index in [1.54, 1.807) is 18.6 Å². The molecule has 0 aliphatic carbocycles. The van der Waals surface area contributed by atoms with Crippen molar-refractivity contribution < 1.29 is 5.11 Å². The van der Waals surface area contributed by atoms with Gasteiger partial charge in [-0.15, -0.1) is 0 Å². The number of pyridine rings is 1. The minimum atomic E-state index is -0.589. The first-order valence-electron chi connectivity index (χ1n) is 5.89. The van der Waals surface area contributed by atoms with Gasteiger partial charge in [-0.2, -0.15) is 5.10 Å². The average molecular weight is 310 g/mol. The summed E-state index contributed by atoms with van der Waals surface area (Å²) in [5.41, 5.74) is 1.82. The molecule has 0 spiro atoms. The summed E-state index contributed by atoms with van der Waals surface area (Å²) in [4.78, 5) is 4.05. The SMILES string of the molecule is CC(C)n1ncc(Br)c1C(O)Cc1cccnc1. The second kappa shape index (κ2) is 5.63. The first-order valence-corrected chi connectivity index (χ1v) is 6.68. The molecule has 0 saturated heterocycles. The van der Waals surface area contributed by atoms with E-state index in [0.717, 1.165) is 15.7 Å². The van der Waals surface area contributed by atoms with Gasteiger partial charge in [-0.1, -0.05) is 6.07 Å². The highest BCUT2D eigenvalue weighted by atomic mass is 79.9. The largest absolute Gasteiger partial charge is 0.386 e. The topological polar surface area (TPSA) is 50.9 Å². The second-order valence-electron chi connectivity index (χ2n) is 4.50. The highest BCUT2D eigenvalue weighted by Crippen LogP contribution is 2.27. The standard InChI is InChI=1S/C13H16BrN3O/c1-9(2)17-13(11(14)8-16-17)12(18)6-10-4-3-5-15-7-10/h3-5,7-9,12,18H,6H2,1-2H3. The van der Waals surface area contributed by atoms with Gasteiger partial charge >= 0.3 is 0 Å². The smallest absolute Gasteiger partial charge is 0.101 e. The number of nitrogens with zero attached hydrogens (tertiary/aromatic N) is 3. The number of aromatic nitrogens is 3. The summed E-state index contributed by atoms with van der Waals surface area (Å²) in [6, 6.07) is 4.05. The van der Waals surface area contributed by atoms with Crippen LogP contribution in [0.15, 0.2) is 35.2 Å². The minimum Gasteiger partial charge on any atom is -0.386 e. The predicted octanol–water partition coefficient (Wildman–Crippen LogP) is 2.90. The Kier molecular flexibility index (Phi) is 4.14. The van der Waals surface area contributed by atoms with Crippen molar-refractivity contribution in [3.8, 4) is 0 Å². The molecule has 2 rings (SSSR count). The lowest BCUT2D eigenvalue weighted by Gasteiger charge is -2.16. The number of hydrogen-bond donors (Lipinski definition) is 1. The van der Waals surface area contributed by atoms with Crippen molar-refractivity contribution in [1.29, 1.82) is 0 Å². The van der Waals surface area contributed by atoms with Gasteiger partial charge in [0.1, 0.15) is 6.10 Å². The lowest BCUT2D eigenvalue weighted by atomic mass is 10.1. The molecule has 2 aromatic rings. The van der Waals surface area contributed by atoms with Crippen molar-refractivity contribution in [1.82, 2.24) is 14.8 Å². The molecule has 0 amide bonds. The molecule has 0 aliphatic rings. The Morgan fingerprint density at radius 2 is 2.17 bits per heavy atom. The third-order valence-corrected chi connectivity index (χ3v) is 3.35. The zero-order valence-electron chi connectivity index (χ0n) is 10.4. The molecule has 0 fully saturated rings. The molecule has 4 nitrogen and oxygen atoms in total. The van der Waals surface area contributed by atoms with Crippen LogP contribution in [0.4, 0.5) is 0 Å². The number of halogens is 1. The monoisotopic (exact) mass is 309 g/mol. The van der Waals surface area contributed by atoms with Crippen molar-refractivity contribution in [2.75, 3.05) is 0 Å². The third-order valence-electron chi connectivity index (χ3n) is 2.74. The quantitative estimate of drug-likeness (QED) is 0.944. The molecule has 0 radical (unpaired) electrons. The lowest BCUT2D eigenvalue weighted by Crippen LogP contribution is -2.13. The van der Waals surface area contributed by atoms with Crippen LogP contribution in [0.25, 0.3) is 0 Å². The fourth-order valence-electron chi connectivity index (χ4n) is 1.91. The molecule has 0 aromatic carbocycles. The molecular formula is C13H16BrN3O. The zero-order valence-corrected chi connectivity index (χ0v) is 12.0. The lowest BCUT2D eigenvalue weighted by molar-refractivity contribution is 0.164. The van der Waals surface area contributed by atoms with Gasteiger partial charge in [-0.25, -0.2) is 0 Å². The summed E-state index contributed by atoms with van der Waals surface area (Å²) in [6.45, 7) is 4.08. The van der Waals surface area contributed by atoms with Gasteiger partial charge in [0.15, 0.2) is 0 Å². The molecule has 2 aromatic heterocycles. The minimum absolute atomic E-state index is 0.217. The Labute approximate surface area is 115 Å². The molecule has 1 atom stereocenters. The normalized spacial score (nSPS) is 12.9. The van der Waals surface area contributed by atoms with E-state index in [1.807, 2.05) is 30.7 Å². The Morgan fingerprint density at radius 1 is 1.39 bits per heavy atom. The first kappa shape index (κ1) is 13.2. The van der Waals surface area contributed by atoms with Crippen LogP contribution < -0.4 is 0 Å². The van der Waals surface area contributed by atoms with Gasteiger partial charge in [0.25, 0.3) is 0 Å². The van der Waals surface area contributed by atoms with Crippen molar-refractivity contribution in [2.45, 2.75) is 32.4 Å². The Morgan fingerprint density at radius 3 is 2.78 bits per heavy atom. The fraction of sp³-hybridized carbons (Fsp3) is 0.385. The average Bonchev–Trinajstić information content (AvgIpc) is 2.72. The van der Waals surface area contributed by atoms with E-state index >= 15 is 0 Å². The van der Waals surface area contributed by atoms with E-state index in [1.165, 1.54) is 0 Å². The highest BCUT2D eigenvalue weighted by Gasteiger charge is 2.19. The predicted molar refractivity (Wildman–Crippen MR) is 73.2 cm³/mol. The van der Waals surface area contributed by atoms with Crippen LogP contribution in [0.3, 0.4) is 0 Å². The van der Waals surface area contributed by atoms with Crippen molar-refractivity contribution in [3.05, 3.63) is 46.5 Å². The summed E-state index contributed by atoms with van der Waals surface area (Å²) < 4.78 is 2.68. The van der Waals surface area contributed by atoms with E-state index in [4.69, 9.17) is 0 Å². The third kappa shape index (κ3) is 2.79. The Bertz CT molecular complexity index is 510. The maximum atomic E-state index is 10.4. The van der Waals surface area contributed by atoms with Crippen LogP contribution in [0.1, 0.15) is 37.3 Å². The van der Waals surface area contributed by atoms with Gasteiger partial charge < -0.3 is 5.11 Å².